The fourth-order valence-corrected chi connectivity index (χ4v) is 4.35. The van der Waals surface area contributed by atoms with Crippen LogP contribution in [0.4, 0.5) is 11.5 Å². The minimum atomic E-state index is -0.647. The van der Waals surface area contributed by atoms with Crippen LogP contribution in [0, 0.1) is 0 Å². The molecule has 5 rings (SSSR count). The molecular formula is C30H25N3O3. The van der Waals surface area contributed by atoms with Crippen LogP contribution in [0.15, 0.2) is 121 Å². The second-order valence-electron chi connectivity index (χ2n) is 8.24. The summed E-state index contributed by atoms with van der Waals surface area (Å²) in [5.41, 5.74) is 2.61. The molecule has 1 aliphatic rings. The van der Waals surface area contributed by atoms with Gasteiger partial charge in [-0.2, -0.15) is 0 Å². The Labute approximate surface area is 209 Å². The third kappa shape index (κ3) is 4.49. The topological polar surface area (TPSA) is 71.5 Å². The van der Waals surface area contributed by atoms with E-state index in [9.17, 15) is 9.59 Å². The lowest BCUT2D eigenvalue weighted by molar-refractivity contribution is -0.114. The van der Waals surface area contributed by atoms with Crippen molar-refractivity contribution in [1.82, 2.24) is 4.98 Å². The first kappa shape index (κ1) is 23.1. The molecular weight excluding hydrogens is 450 g/mol. The normalized spacial score (nSPS) is 15.2. The van der Waals surface area contributed by atoms with Gasteiger partial charge in [-0.05, 0) is 48.9 Å². The SMILES string of the molecule is CCOc1ccc(NC2=C(C(=O)c3ccccc3)[C@@H](c3ccccc3)N(c3ccccn3)C2=O)cc1. The van der Waals surface area contributed by atoms with Crippen LogP contribution in [0.5, 0.6) is 5.75 Å². The molecule has 0 bridgehead atoms. The van der Waals surface area contributed by atoms with E-state index in [0.717, 1.165) is 11.3 Å². The number of benzene rings is 3. The highest BCUT2D eigenvalue weighted by Crippen LogP contribution is 2.42. The molecule has 2 heterocycles. The number of amides is 1. The van der Waals surface area contributed by atoms with E-state index in [4.69, 9.17) is 4.74 Å². The molecule has 0 saturated heterocycles. The summed E-state index contributed by atoms with van der Waals surface area (Å²) in [4.78, 5) is 34.0. The second-order valence-corrected chi connectivity index (χ2v) is 8.24. The van der Waals surface area contributed by atoms with Crippen molar-refractivity contribution >= 4 is 23.2 Å². The highest BCUT2D eigenvalue weighted by atomic mass is 16.5. The number of hydrogen-bond donors (Lipinski definition) is 1. The fraction of sp³-hybridized carbons (Fsp3) is 0.100. The molecule has 3 aromatic carbocycles. The summed E-state index contributed by atoms with van der Waals surface area (Å²) in [6.07, 6.45) is 1.64. The Morgan fingerprint density at radius 3 is 2.19 bits per heavy atom. The number of rotatable bonds is 8. The van der Waals surface area contributed by atoms with E-state index in [2.05, 4.69) is 10.3 Å². The van der Waals surface area contributed by atoms with Gasteiger partial charge in [-0.25, -0.2) is 4.98 Å². The van der Waals surface area contributed by atoms with Crippen molar-refractivity contribution in [3.05, 3.63) is 132 Å². The van der Waals surface area contributed by atoms with Gasteiger partial charge in [-0.15, -0.1) is 0 Å². The standard InChI is InChI=1S/C30H25N3O3/c1-2-36-24-18-16-23(17-19-24)32-27-26(29(34)22-13-7-4-8-14-22)28(21-11-5-3-6-12-21)33(30(27)35)25-15-9-10-20-31-25/h3-20,28,32H,2H2,1H3/t28-/m1/s1. The molecule has 4 aromatic rings. The van der Waals surface area contributed by atoms with Gasteiger partial charge in [-0.1, -0.05) is 66.7 Å². The molecule has 1 aromatic heterocycles. The summed E-state index contributed by atoms with van der Waals surface area (Å²) < 4.78 is 5.54. The van der Waals surface area contributed by atoms with Crippen molar-refractivity contribution in [1.29, 1.82) is 0 Å². The quantitative estimate of drug-likeness (QED) is 0.325. The molecule has 1 N–H and O–H groups in total. The number of carbonyl (C=O) groups excluding carboxylic acids is 2. The maximum Gasteiger partial charge on any atom is 0.277 e. The number of hydrogen-bond acceptors (Lipinski definition) is 5. The monoisotopic (exact) mass is 475 g/mol. The van der Waals surface area contributed by atoms with Crippen molar-refractivity contribution in [2.75, 3.05) is 16.8 Å². The van der Waals surface area contributed by atoms with Crippen LogP contribution in [-0.2, 0) is 4.79 Å². The Bertz CT molecular complexity index is 1390. The molecule has 6 nitrogen and oxygen atoms in total. The van der Waals surface area contributed by atoms with Gasteiger partial charge in [0, 0.05) is 17.4 Å². The van der Waals surface area contributed by atoms with Gasteiger partial charge in [0.15, 0.2) is 5.78 Å². The molecule has 0 aliphatic carbocycles. The van der Waals surface area contributed by atoms with E-state index in [0.29, 0.717) is 29.2 Å². The molecule has 0 spiro atoms. The number of carbonyl (C=O) groups is 2. The van der Waals surface area contributed by atoms with Crippen LogP contribution < -0.4 is 15.0 Å². The third-order valence-corrected chi connectivity index (χ3v) is 5.96. The highest BCUT2D eigenvalue weighted by Gasteiger charge is 2.45. The summed E-state index contributed by atoms with van der Waals surface area (Å²) in [5.74, 6) is 0.659. The number of ketones is 1. The largest absolute Gasteiger partial charge is 0.494 e. The number of ether oxygens (including phenoxy) is 1. The zero-order valence-electron chi connectivity index (χ0n) is 19.8. The van der Waals surface area contributed by atoms with E-state index in [1.54, 1.807) is 35.4 Å². The average molecular weight is 476 g/mol. The molecule has 0 fully saturated rings. The Morgan fingerprint density at radius 2 is 1.56 bits per heavy atom. The van der Waals surface area contributed by atoms with Gasteiger partial charge >= 0.3 is 0 Å². The lowest BCUT2D eigenvalue weighted by Gasteiger charge is -2.26. The molecule has 36 heavy (non-hydrogen) atoms. The first-order valence-corrected chi connectivity index (χ1v) is 11.8. The molecule has 1 aliphatic heterocycles. The van der Waals surface area contributed by atoms with Crippen LogP contribution in [-0.4, -0.2) is 23.3 Å². The highest BCUT2D eigenvalue weighted by molar-refractivity contribution is 6.22. The zero-order chi connectivity index (χ0) is 24.9. The maximum atomic E-state index is 14.0. The molecule has 0 radical (unpaired) electrons. The molecule has 0 saturated carbocycles. The van der Waals surface area contributed by atoms with Crippen LogP contribution >= 0.6 is 0 Å². The molecule has 0 unspecified atom stereocenters. The number of anilines is 2. The Hall–Kier alpha value is -4.71. The number of Topliss-reactive ketones (excluding diaryl/α,β-unsaturated/α-hetero) is 1. The molecule has 178 valence electrons. The van der Waals surface area contributed by atoms with Gasteiger partial charge < -0.3 is 10.1 Å². The predicted octanol–water partition coefficient (Wildman–Crippen LogP) is 5.82. The maximum absolute atomic E-state index is 14.0. The van der Waals surface area contributed by atoms with E-state index >= 15 is 0 Å². The predicted molar refractivity (Wildman–Crippen MR) is 140 cm³/mol. The first-order chi connectivity index (χ1) is 17.7. The van der Waals surface area contributed by atoms with Gasteiger partial charge in [-0.3, -0.25) is 14.5 Å². The zero-order valence-corrected chi connectivity index (χ0v) is 19.8. The summed E-state index contributed by atoms with van der Waals surface area (Å²) >= 11 is 0. The van der Waals surface area contributed by atoms with Crippen LogP contribution in [0.1, 0.15) is 28.9 Å². The Kier molecular flexibility index (Phi) is 6.58. The lowest BCUT2D eigenvalue weighted by Crippen LogP contribution is -2.32. The number of nitrogens with one attached hydrogen (secondary N) is 1. The van der Waals surface area contributed by atoms with Gasteiger partial charge in [0.25, 0.3) is 5.91 Å². The summed E-state index contributed by atoms with van der Waals surface area (Å²) in [5, 5.41) is 3.24. The molecule has 1 amide bonds. The van der Waals surface area contributed by atoms with Crippen LogP contribution in [0.2, 0.25) is 0 Å². The first-order valence-electron chi connectivity index (χ1n) is 11.8. The van der Waals surface area contributed by atoms with Crippen molar-refractivity contribution < 1.29 is 14.3 Å². The summed E-state index contributed by atoms with van der Waals surface area (Å²) in [6.45, 7) is 2.48. The van der Waals surface area contributed by atoms with Crippen molar-refractivity contribution in [2.24, 2.45) is 0 Å². The molecule has 6 heteroatoms. The Morgan fingerprint density at radius 1 is 0.889 bits per heavy atom. The molecule has 1 atom stereocenters. The Balaban J connectivity index is 1.67. The number of nitrogens with zero attached hydrogens (tertiary/aromatic N) is 2. The number of aromatic nitrogens is 1. The van der Waals surface area contributed by atoms with Gasteiger partial charge in [0.1, 0.15) is 17.3 Å². The minimum absolute atomic E-state index is 0.218. The van der Waals surface area contributed by atoms with E-state index < -0.39 is 6.04 Å². The van der Waals surface area contributed by atoms with E-state index in [1.807, 2.05) is 85.8 Å². The van der Waals surface area contributed by atoms with E-state index in [-0.39, 0.29) is 17.4 Å². The van der Waals surface area contributed by atoms with Gasteiger partial charge in [0.05, 0.1) is 18.2 Å². The van der Waals surface area contributed by atoms with Crippen molar-refractivity contribution in [2.45, 2.75) is 13.0 Å². The smallest absolute Gasteiger partial charge is 0.277 e. The minimum Gasteiger partial charge on any atom is -0.494 e. The van der Waals surface area contributed by atoms with Gasteiger partial charge in [0.2, 0.25) is 0 Å². The van der Waals surface area contributed by atoms with Crippen molar-refractivity contribution in [3.63, 3.8) is 0 Å². The third-order valence-electron chi connectivity index (χ3n) is 5.96. The summed E-state index contributed by atoms with van der Waals surface area (Å²) in [6, 6.07) is 30.7. The van der Waals surface area contributed by atoms with Crippen molar-refractivity contribution in [3.8, 4) is 5.75 Å². The average Bonchev–Trinajstić information content (AvgIpc) is 3.22. The van der Waals surface area contributed by atoms with E-state index in [1.165, 1.54) is 0 Å². The summed E-state index contributed by atoms with van der Waals surface area (Å²) in [7, 11) is 0. The number of pyridine rings is 1. The second kappa shape index (κ2) is 10.3. The van der Waals surface area contributed by atoms with Crippen LogP contribution in [0.3, 0.4) is 0 Å². The lowest BCUT2D eigenvalue weighted by atomic mass is 9.92. The van der Waals surface area contributed by atoms with Crippen LogP contribution in [0.25, 0.3) is 0 Å². The fourth-order valence-electron chi connectivity index (χ4n) is 4.35.